The van der Waals surface area contributed by atoms with E-state index in [0.29, 0.717) is 24.0 Å². The van der Waals surface area contributed by atoms with Gasteiger partial charge in [-0.1, -0.05) is 19.3 Å². The van der Waals surface area contributed by atoms with Crippen LogP contribution >= 0.6 is 0 Å². The number of rotatable bonds is 4. The Balaban J connectivity index is 1.31. The standard InChI is InChI=1S/C23H31FN4O2/c1-15-19-12-17(24)8-9-20(19)30-21(15)13-26-23(25-2)27-18-10-11-28(14-18)22(29)16-6-4-3-5-7-16/h8-9,12,16,18H,3-7,10-11,13-14H2,1-2H3,(H2,25,26,27). The molecular formula is C23H31FN4O2. The topological polar surface area (TPSA) is 69.9 Å². The summed E-state index contributed by atoms with van der Waals surface area (Å²) in [5.74, 6) is 1.72. The van der Waals surface area contributed by atoms with E-state index in [9.17, 15) is 9.18 Å². The third kappa shape index (κ3) is 4.45. The predicted octanol–water partition coefficient (Wildman–Crippen LogP) is 3.73. The van der Waals surface area contributed by atoms with Crippen LogP contribution in [0.3, 0.4) is 0 Å². The zero-order chi connectivity index (χ0) is 21.1. The van der Waals surface area contributed by atoms with Crippen molar-refractivity contribution in [2.24, 2.45) is 10.9 Å². The fourth-order valence-electron chi connectivity index (χ4n) is 4.65. The number of guanidine groups is 1. The lowest BCUT2D eigenvalue weighted by atomic mass is 9.88. The number of halogens is 1. The maximum absolute atomic E-state index is 13.5. The van der Waals surface area contributed by atoms with Crippen LogP contribution in [0.2, 0.25) is 0 Å². The Labute approximate surface area is 176 Å². The molecule has 1 atom stereocenters. The first kappa shape index (κ1) is 20.7. The lowest BCUT2D eigenvalue weighted by Crippen LogP contribution is -2.45. The van der Waals surface area contributed by atoms with E-state index in [-0.39, 0.29) is 17.8 Å². The molecule has 4 rings (SSSR count). The van der Waals surface area contributed by atoms with Gasteiger partial charge in [-0.3, -0.25) is 9.79 Å². The van der Waals surface area contributed by atoms with Crippen molar-refractivity contribution in [2.75, 3.05) is 20.1 Å². The largest absolute Gasteiger partial charge is 0.459 e. The van der Waals surface area contributed by atoms with Gasteiger partial charge in [-0.25, -0.2) is 4.39 Å². The van der Waals surface area contributed by atoms with E-state index in [0.717, 1.165) is 49.1 Å². The quantitative estimate of drug-likeness (QED) is 0.591. The van der Waals surface area contributed by atoms with Gasteiger partial charge in [-0.05, 0) is 44.4 Å². The molecule has 1 aromatic carbocycles. The van der Waals surface area contributed by atoms with Gasteiger partial charge < -0.3 is 20.0 Å². The second kappa shape index (κ2) is 9.06. The summed E-state index contributed by atoms with van der Waals surface area (Å²) in [5, 5.41) is 7.51. The number of carbonyl (C=O) groups excluding carboxylic acids is 1. The molecule has 1 aromatic heterocycles. The molecule has 1 saturated carbocycles. The summed E-state index contributed by atoms with van der Waals surface area (Å²) < 4.78 is 19.4. The van der Waals surface area contributed by atoms with E-state index in [1.165, 1.54) is 31.4 Å². The molecule has 1 amide bonds. The molecule has 2 aliphatic rings. The van der Waals surface area contributed by atoms with Crippen molar-refractivity contribution in [1.29, 1.82) is 0 Å². The minimum absolute atomic E-state index is 0.189. The summed E-state index contributed by atoms with van der Waals surface area (Å²) in [6.07, 6.45) is 6.61. The Kier molecular flexibility index (Phi) is 6.25. The predicted molar refractivity (Wildman–Crippen MR) is 116 cm³/mol. The summed E-state index contributed by atoms with van der Waals surface area (Å²) >= 11 is 0. The Hall–Kier alpha value is -2.57. The maximum Gasteiger partial charge on any atom is 0.225 e. The number of fused-ring (bicyclic) bond motifs is 1. The summed E-state index contributed by atoms with van der Waals surface area (Å²) in [4.78, 5) is 19.1. The Morgan fingerprint density at radius 1 is 1.27 bits per heavy atom. The third-order valence-electron chi connectivity index (χ3n) is 6.43. The van der Waals surface area contributed by atoms with Crippen LogP contribution in [0.1, 0.15) is 49.8 Å². The highest BCUT2D eigenvalue weighted by Gasteiger charge is 2.31. The minimum Gasteiger partial charge on any atom is -0.459 e. The highest BCUT2D eigenvalue weighted by atomic mass is 19.1. The van der Waals surface area contributed by atoms with Crippen LogP contribution in [-0.2, 0) is 11.3 Å². The van der Waals surface area contributed by atoms with Gasteiger partial charge in [0.15, 0.2) is 5.96 Å². The van der Waals surface area contributed by atoms with Crippen molar-refractivity contribution < 1.29 is 13.6 Å². The zero-order valence-electron chi connectivity index (χ0n) is 17.8. The molecule has 1 aliphatic carbocycles. The molecule has 2 fully saturated rings. The van der Waals surface area contributed by atoms with Crippen LogP contribution in [0.25, 0.3) is 11.0 Å². The van der Waals surface area contributed by atoms with Gasteiger partial charge in [0.1, 0.15) is 17.2 Å². The van der Waals surface area contributed by atoms with Gasteiger partial charge in [0.05, 0.1) is 6.54 Å². The van der Waals surface area contributed by atoms with E-state index in [1.807, 2.05) is 11.8 Å². The molecule has 2 aromatic rings. The summed E-state index contributed by atoms with van der Waals surface area (Å²) in [5.41, 5.74) is 1.61. The number of amides is 1. The molecule has 2 N–H and O–H groups in total. The Morgan fingerprint density at radius 2 is 2.07 bits per heavy atom. The van der Waals surface area contributed by atoms with Gasteiger partial charge in [0.2, 0.25) is 5.91 Å². The van der Waals surface area contributed by atoms with Crippen LogP contribution in [0.15, 0.2) is 27.6 Å². The molecule has 0 spiro atoms. The van der Waals surface area contributed by atoms with Gasteiger partial charge in [-0.15, -0.1) is 0 Å². The number of hydrogen-bond acceptors (Lipinski definition) is 3. The molecule has 30 heavy (non-hydrogen) atoms. The number of aliphatic imine (C=N–C) groups is 1. The fourth-order valence-corrected chi connectivity index (χ4v) is 4.65. The molecule has 1 aliphatic heterocycles. The second-order valence-corrected chi connectivity index (χ2v) is 8.47. The number of nitrogens with zero attached hydrogens (tertiary/aromatic N) is 2. The number of nitrogens with one attached hydrogen (secondary N) is 2. The first-order valence-electron chi connectivity index (χ1n) is 11.0. The van der Waals surface area contributed by atoms with Crippen molar-refractivity contribution in [2.45, 2.75) is 58.0 Å². The van der Waals surface area contributed by atoms with E-state index >= 15 is 0 Å². The number of aryl methyl sites for hydroxylation is 1. The SMILES string of the molecule is CN=C(NCc1oc2ccc(F)cc2c1C)NC1CCN(C(=O)C2CCCCC2)C1. The molecule has 1 unspecified atom stereocenters. The average Bonchev–Trinajstić information content (AvgIpc) is 3.36. The molecule has 0 bridgehead atoms. The highest BCUT2D eigenvalue weighted by Crippen LogP contribution is 2.27. The fraction of sp³-hybridized carbons (Fsp3) is 0.565. The number of carbonyl (C=O) groups is 1. The van der Waals surface area contributed by atoms with Crippen LogP contribution in [0, 0.1) is 18.7 Å². The molecule has 7 heteroatoms. The van der Waals surface area contributed by atoms with Crippen molar-refractivity contribution >= 4 is 22.8 Å². The van der Waals surface area contributed by atoms with Crippen molar-refractivity contribution in [3.05, 3.63) is 35.3 Å². The maximum atomic E-state index is 13.5. The zero-order valence-corrected chi connectivity index (χ0v) is 17.8. The van der Waals surface area contributed by atoms with Crippen LogP contribution in [0.4, 0.5) is 4.39 Å². The Morgan fingerprint density at radius 3 is 2.83 bits per heavy atom. The van der Waals surface area contributed by atoms with Crippen molar-refractivity contribution in [1.82, 2.24) is 15.5 Å². The van der Waals surface area contributed by atoms with Crippen LogP contribution in [0.5, 0.6) is 0 Å². The molecule has 162 valence electrons. The van der Waals surface area contributed by atoms with Gasteiger partial charge >= 0.3 is 0 Å². The van der Waals surface area contributed by atoms with Gasteiger partial charge in [0.25, 0.3) is 0 Å². The van der Waals surface area contributed by atoms with Crippen molar-refractivity contribution in [3.8, 4) is 0 Å². The first-order valence-corrected chi connectivity index (χ1v) is 11.0. The molecule has 1 saturated heterocycles. The normalized spacial score (nSPS) is 20.7. The summed E-state index contributed by atoms with van der Waals surface area (Å²) in [7, 11) is 1.73. The lowest BCUT2D eigenvalue weighted by molar-refractivity contribution is -0.135. The van der Waals surface area contributed by atoms with E-state index in [2.05, 4.69) is 15.6 Å². The number of benzene rings is 1. The molecule has 2 heterocycles. The highest BCUT2D eigenvalue weighted by molar-refractivity contribution is 5.83. The van der Waals surface area contributed by atoms with E-state index in [4.69, 9.17) is 4.42 Å². The van der Waals surface area contributed by atoms with E-state index in [1.54, 1.807) is 13.1 Å². The summed E-state index contributed by atoms with van der Waals surface area (Å²) in [6, 6.07) is 4.75. The Bertz CT molecular complexity index is 933. The van der Waals surface area contributed by atoms with Crippen molar-refractivity contribution in [3.63, 3.8) is 0 Å². The molecule has 6 nitrogen and oxygen atoms in total. The number of hydrogen-bond donors (Lipinski definition) is 2. The second-order valence-electron chi connectivity index (χ2n) is 8.47. The van der Waals surface area contributed by atoms with Gasteiger partial charge in [-0.2, -0.15) is 0 Å². The van der Waals surface area contributed by atoms with E-state index < -0.39 is 0 Å². The lowest BCUT2D eigenvalue weighted by Gasteiger charge is -2.26. The first-order chi connectivity index (χ1) is 14.5. The number of furan rings is 1. The average molecular weight is 415 g/mol. The monoisotopic (exact) mass is 414 g/mol. The van der Waals surface area contributed by atoms with Gasteiger partial charge in [0, 0.05) is 43.0 Å². The molecule has 0 radical (unpaired) electrons. The smallest absolute Gasteiger partial charge is 0.225 e. The van der Waals surface area contributed by atoms with Crippen LogP contribution < -0.4 is 10.6 Å². The summed E-state index contributed by atoms with van der Waals surface area (Å²) in [6.45, 7) is 3.92. The third-order valence-corrected chi connectivity index (χ3v) is 6.43. The number of likely N-dealkylation sites (tertiary alicyclic amines) is 1. The van der Waals surface area contributed by atoms with Crippen LogP contribution in [-0.4, -0.2) is 42.9 Å². The molecular weight excluding hydrogens is 383 g/mol. The minimum atomic E-state index is -0.267.